The van der Waals surface area contributed by atoms with Crippen LogP contribution in [-0.4, -0.2) is 9.97 Å². The first-order valence-corrected chi connectivity index (χ1v) is 6.14. The molecule has 0 aliphatic rings. The fourth-order valence-electron chi connectivity index (χ4n) is 1.87. The number of fused-ring (bicyclic) bond motifs is 1. The predicted octanol–water partition coefficient (Wildman–Crippen LogP) is 4.31. The largest absolute Gasteiger partial charge is 0.335 e. The van der Waals surface area contributed by atoms with E-state index in [1.165, 1.54) is 24.5 Å². The van der Waals surface area contributed by atoms with E-state index in [0.29, 0.717) is 21.7 Å². The van der Waals surface area contributed by atoms with Crippen LogP contribution in [0.3, 0.4) is 0 Å². The summed E-state index contributed by atoms with van der Waals surface area (Å²) in [4.78, 5) is 8.08. The average molecular weight is 292 g/mol. The molecule has 0 unspecified atom stereocenters. The number of hydrogen-bond acceptors (Lipinski definition) is 3. The lowest BCUT2D eigenvalue weighted by Gasteiger charge is -2.10. The molecule has 0 fully saturated rings. The van der Waals surface area contributed by atoms with Crippen molar-refractivity contribution in [1.29, 1.82) is 0 Å². The average Bonchev–Trinajstić information content (AvgIpc) is 2.42. The van der Waals surface area contributed by atoms with Crippen LogP contribution in [0, 0.1) is 11.6 Å². The van der Waals surface area contributed by atoms with Crippen molar-refractivity contribution in [2.75, 3.05) is 5.32 Å². The van der Waals surface area contributed by atoms with Gasteiger partial charge in [0.05, 0.1) is 5.52 Å². The monoisotopic (exact) mass is 291 g/mol. The lowest BCUT2D eigenvalue weighted by molar-refractivity contribution is 0.590. The van der Waals surface area contributed by atoms with E-state index in [0.717, 1.165) is 0 Å². The molecular weight excluding hydrogens is 284 g/mol. The zero-order valence-electron chi connectivity index (χ0n) is 10.1. The summed E-state index contributed by atoms with van der Waals surface area (Å²) in [6, 6.07) is 8.65. The molecule has 1 N–H and O–H groups in total. The Bertz CT molecular complexity index is 772. The van der Waals surface area contributed by atoms with Crippen LogP contribution in [0.25, 0.3) is 10.9 Å². The van der Waals surface area contributed by atoms with Crippen molar-refractivity contribution < 1.29 is 8.78 Å². The summed E-state index contributed by atoms with van der Waals surface area (Å²) >= 11 is 5.88. The van der Waals surface area contributed by atoms with Gasteiger partial charge in [0.2, 0.25) is 0 Å². The number of nitrogens with zero attached hydrogens (tertiary/aromatic N) is 2. The van der Waals surface area contributed by atoms with Gasteiger partial charge < -0.3 is 5.32 Å². The van der Waals surface area contributed by atoms with Gasteiger partial charge in [0, 0.05) is 10.4 Å². The van der Waals surface area contributed by atoms with Crippen LogP contribution < -0.4 is 5.32 Å². The van der Waals surface area contributed by atoms with Crippen molar-refractivity contribution in [3.8, 4) is 0 Å². The minimum Gasteiger partial charge on any atom is -0.335 e. The van der Waals surface area contributed by atoms with E-state index in [1.54, 1.807) is 18.2 Å². The Morgan fingerprint density at radius 1 is 1.00 bits per heavy atom. The van der Waals surface area contributed by atoms with Crippen LogP contribution in [0.2, 0.25) is 5.02 Å². The van der Waals surface area contributed by atoms with Gasteiger partial charge in [-0.05, 0) is 30.3 Å². The van der Waals surface area contributed by atoms with E-state index < -0.39 is 11.6 Å². The molecule has 0 saturated carbocycles. The van der Waals surface area contributed by atoms with Gasteiger partial charge in [0.15, 0.2) is 0 Å². The molecule has 0 amide bonds. The quantitative estimate of drug-likeness (QED) is 0.765. The number of rotatable bonds is 2. The molecule has 20 heavy (non-hydrogen) atoms. The number of anilines is 2. The Kier molecular flexibility index (Phi) is 3.20. The SMILES string of the molecule is Fc1cccc(F)c1Nc1ncnc2cc(Cl)ccc12. The fraction of sp³-hybridized carbons (Fsp3) is 0. The lowest BCUT2D eigenvalue weighted by Crippen LogP contribution is -2.00. The zero-order chi connectivity index (χ0) is 14.1. The third-order valence-electron chi connectivity index (χ3n) is 2.80. The van der Waals surface area contributed by atoms with Gasteiger partial charge in [0.1, 0.15) is 29.5 Å². The minimum absolute atomic E-state index is 0.248. The van der Waals surface area contributed by atoms with Gasteiger partial charge in [-0.15, -0.1) is 0 Å². The molecular formula is C14H8ClF2N3. The lowest BCUT2D eigenvalue weighted by atomic mass is 10.2. The van der Waals surface area contributed by atoms with Crippen LogP contribution in [-0.2, 0) is 0 Å². The van der Waals surface area contributed by atoms with Gasteiger partial charge >= 0.3 is 0 Å². The predicted molar refractivity (Wildman–Crippen MR) is 74.2 cm³/mol. The number of para-hydroxylation sites is 1. The van der Waals surface area contributed by atoms with Crippen LogP contribution in [0.4, 0.5) is 20.3 Å². The maximum atomic E-state index is 13.6. The molecule has 0 atom stereocenters. The minimum atomic E-state index is -0.689. The van der Waals surface area contributed by atoms with Gasteiger partial charge in [-0.2, -0.15) is 0 Å². The van der Waals surface area contributed by atoms with Crippen molar-refractivity contribution in [2.24, 2.45) is 0 Å². The molecule has 6 heteroatoms. The number of nitrogens with one attached hydrogen (secondary N) is 1. The highest BCUT2D eigenvalue weighted by Gasteiger charge is 2.11. The zero-order valence-corrected chi connectivity index (χ0v) is 10.8. The Hall–Kier alpha value is -2.27. The van der Waals surface area contributed by atoms with Crippen LogP contribution in [0.15, 0.2) is 42.7 Å². The van der Waals surface area contributed by atoms with Crippen LogP contribution >= 0.6 is 11.6 Å². The third kappa shape index (κ3) is 2.28. The third-order valence-corrected chi connectivity index (χ3v) is 3.04. The van der Waals surface area contributed by atoms with Crippen molar-refractivity contribution in [3.05, 3.63) is 59.4 Å². The van der Waals surface area contributed by atoms with E-state index in [4.69, 9.17) is 11.6 Å². The highest BCUT2D eigenvalue weighted by atomic mass is 35.5. The second kappa shape index (κ2) is 5.02. The highest BCUT2D eigenvalue weighted by molar-refractivity contribution is 6.31. The number of halogens is 3. The molecule has 0 aliphatic heterocycles. The van der Waals surface area contributed by atoms with E-state index in [9.17, 15) is 8.78 Å². The summed E-state index contributed by atoms with van der Waals surface area (Å²) in [6.45, 7) is 0. The smallest absolute Gasteiger partial charge is 0.149 e. The molecule has 0 spiro atoms. The summed E-state index contributed by atoms with van der Waals surface area (Å²) in [5.41, 5.74) is 0.342. The normalized spacial score (nSPS) is 10.8. The fourth-order valence-corrected chi connectivity index (χ4v) is 2.03. The van der Waals surface area contributed by atoms with Crippen molar-refractivity contribution >= 4 is 34.0 Å². The maximum absolute atomic E-state index is 13.6. The second-order valence-corrected chi connectivity index (χ2v) is 4.54. The van der Waals surface area contributed by atoms with Gasteiger partial charge in [-0.1, -0.05) is 17.7 Å². The van der Waals surface area contributed by atoms with Crippen LogP contribution in [0.5, 0.6) is 0 Å². The molecule has 2 aromatic carbocycles. The highest BCUT2D eigenvalue weighted by Crippen LogP contribution is 2.27. The Morgan fingerprint density at radius 2 is 1.75 bits per heavy atom. The van der Waals surface area contributed by atoms with E-state index in [-0.39, 0.29) is 5.69 Å². The summed E-state index contributed by atoms with van der Waals surface area (Å²) in [5.74, 6) is -1.06. The first kappa shape index (κ1) is 12.7. The summed E-state index contributed by atoms with van der Waals surface area (Å²) in [6.07, 6.45) is 1.31. The van der Waals surface area contributed by atoms with Gasteiger partial charge in [0.25, 0.3) is 0 Å². The summed E-state index contributed by atoms with van der Waals surface area (Å²) < 4.78 is 27.3. The van der Waals surface area contributed by atoms with Crippen molar-refractivity contribution in [3.63, 3.8) is 0 Å². The molecule has 0 bridgehead atoms. The Labute approximate surface area is 118 Å². The van der Waals surface area contributed by atoms with Gasteiger partial charge in [-0.25, -0.2) is 18.7 Å². The van der Waals surface area contributed by atoms with Crippen molar-refractivity contribution in [1.82, 2.24) is 9.97 Å². The topological polar surface area (TPSA) is 37.8 Å². The van der Waals surface area contributed by atoms with Crippen LogP contribution in [0.1, 0.15) is 0 Å². The van der Waals surface area contributed by atoms with E-state index in [2.05, 4.69) is 15.3 Å². The molecule has 3 rings (SSSR count). The summed E-state index contributed by atoms with van der Waals surface area (Å²) in [7, 11) is 0. The van der Waals surface area contributed by atoms with E-state index >= 15 is 0 Å². The molecule has 3 aromatic rings. The number of hydrogen-bond donors (Lipinski definition) is 1. The first-order chi connectivity index (χ1) is 9.65. The molecule has 1 heterocycles. The van der Waals surface area contributed by atoms with Crippen molar-refractivity contribution in [2.45, 2.75) is 0 Å². The second-order valence-electron chi connectivity index (χ2n) is 4.11. The Morgan fingerprint density at radius 3 is 2.50 bits per heavy atom. The van der Waals surface area contributed by atoms with E-state index in [1.807, 2.05) is 0 Å². The molecule has 3 nitrogen and oxygen atoms in total. The molecule has 100 valence electrons. The van der Waals surface area contributed by atoms with Gasteiger partial charge in [-0.3, -0.25) is 0 Å². The first-order valence-electron chi connectivity index (χ1n) is 5.76. The summed E-state index contributed by atoms with van der Waals surface area (Å²) in [5, 5.41) is 3.81. The number of aromatic nitrogens is 2. The molecule has 0 saturated heterocycles. The number of benzene rings is 2. The maximum Gasteiger partial charge on any atom is 0.149 e. The molecule has 1 aromatic heterocycles. The molecule has 0 radical (unpaired) electrons. The molecule has 0 aliphatic carbocycles. The Balaban J connectivity index is 2.11. The standard InChI is InChI=1S/C14H8ClF2N3/c15-8-4-5-9-12(6-8)18-7-19-14(9)20-13-10(16)2-1-3-11(13)17/h1-7H,(H,18,19,20).